The fourth-order valence-corrected chi connectivity index (χ4v) is 2.05. The predicted octanol–water partition coefficient (Wildman–Crippen LogP) is 1.04. The van der Waals surface area contributed by atoms with Crippen molar-refractivity contribution in [2.24, 2.45) is 5.41 Å². The van der Waals surface area contributed by atoms with Gasteiger partial charge in [-0.1, -0.05) is 20.8 Å². The largest absolute Gasteiger partial charge is 0.480 e. The van der Waals surface area contributed by atoms with E-state index in [-0.39, 0.29) is 6.03 Å². The summed E-state index contributed by atoms with van der Waals surface area (Å²) in [5.74, 6) is -1.04. The Bertz CT molecular complexity index is 350. The number of carbonyl (C=O) groups is 2. The Hall–Kier alpha value is -1.30. The second-order valence-corrected chi connectivity index (χ2v) is 6.57. The lowest BCUT2D eigenvalue weighted by Crippen LogP contribution is -2.55. The highest BCUT2D eigenvalue weighted by atomic mass is 16.4. The molecule has 1 rings (SSSR count). The van der Waals surface area contributed by atoms with E-state index in [4.69, 9.17) is 5.11 Å². The zero-order valence-corrected chi connectivity index (χ0v) is 12.1. The summed E-state index contributed by atoms with van der Waals surface area (Å²) in [4.78, 5) is 24.8. The highest BCUT2D eigenvalue weighted by Crippen LogP contribution is 2.23. The lowest BCUT2D eigenvalue weighted by Gasteiger charge is -2.37. The molecule has 1 aliphatic heterocycles. The Morgan fingerprint density at radius 2 is 1.74 bits per heavy atom. The number of likely N-dealkylation sites (tertiary alicyclic amines) is 1. The molecule has 1 aliphatic rings. The van der Waals surface area contributed by atoms with Gasteiger partial charge in [0.2, 0.25) is 0 Å². The van der Waals surface area contributed by atoms with Crippen LogP contribution in [0.1, 0.15) is 40.5 Å². The summed E-state index contributed by atoms with van der Waals surface area (Å²) >= 11 is 0. The van der Waals surface area contributed by atoms with Crippen LogP contribution < -0.4 is 5.32 Å². The van der Waals surface area contributed by atoms with Crippen LogP contribution in [0.2, 0.25) is 0 Å². The monoisotopic (exact) mass is 272 g/mol. The van der Waals surface area contributed by atoms with Crippen molar-refractivity contribution in [2.75, 3.05) is 13.1 Å². The van der Waals surface area contributed by atoms with Gasteiger partial charge in [0.1, 0.15) is 6.04 Å². The Labute approximate surface area is 113 Å². The number of rotatable bonds is 2. The number of amides is 2. The van der Waals surface area contributed by atoms with E-state index in [1.165, 1.54) is 0 Å². The maximum absolute atomic E-state index is 12.0. The summed E-state index contributed by atoms with van der Waals surface area (Å²) in [5, 5.41) is 21.5. The van der Waals surface area contributed by atoms with Crippen LogP contribution in [0.25, 0.3) is 0 Å². The molecular weight excluding hydrogens is 248 g/mol. The molecule has 1 heterocycles. The SMILES string of the molecule is CC1(O)CCN(C(=O)N[C@H](C(=O)O)C(C)(C)C)CC1. The van der Waals surface area contributed by atoms with E-state index < -0.39 is 23.0 Å². The number of carboxylic acid groups (broad SMARTS) is 1. The van der Waals surface area contributed by atoms with Gasteiger partial charge in [0, 0.05) is 13.1 Å². The van der Waals surface area contributed by atoms with E-state index in [1.807, 2.05) is 0 Å². The Morgan fingerprint density at radius 1 is 1.26 bits per heavy atom. The maximum atomic E-state index is 12.0. The number of nitrogens with zero attached hydrogens (tertiary/aromatic N) is 1. The normalized spacial score (nSPS) is 20.8. The number of nitrogens with one attached hydrogen (secondary N) is 1. The molecule has 3 N–H and O–H groups in total. The molecule has 0 aliphatic carbocycles. The molecule has 2 amide bonds. The molecule has 0 spiro atoms. The van der Waals surface area contributed by atoms with Crippen molar-refractivity contribution < 1.29 is 19.8 Å². The molecule has 0 unspecified atom stereocenters. The third kappa shape index (κ3) is 4.38. The van der Waals surface area contributed by atoms with Crippen molar-refractivity contribution in [3.05, 3.63) is 0 Å². The van der Waals surface area contributed by atoms with Crippen LogP contribution in [-0.4, -0.2) is 51.8 Å². The number of piperidine rings is 1. The van der Waals surface area contributed by atoms with Crippen molar-refractivity contribution >= 4 is 12.0 Å². The fraction of sp³-hybridized carbons (Fsp3) is 0.846. The van der Waals surface area contributed by atoms with Crippen molar-refractivity contribution in [1.82, 2.24) is 10.2 Å². The van der Waals surface area contributed by atoms with Gasteiger partial charge in [-0.05, 0) is 25.2 Å². The highest BCUT2D eigenvalue weighted by molar-refractivity contribution is 5.83. The third-order valence-electron chi connectivity index (χ3n) is 3.51. The first kappa shape index (κ1) is 15.8. The van der Waals surface area contributed by atoms with Crippen LogP contribution >= 0.6 is 0 Å². The number of carboxylic acids is 1. The van der Waals surface area contributed by atoms with Gasteiger partial charge in [-0.15, -0.1) is 0 Å². The molecule has 1 saturated heterocycles. The molecule has 0 aromatic rings. The van der Waals surface area contributed by atoms with Crippen molar-refractivity contribution in [2.45, 2.75) is 52.2 Å². The molecule has 0 aromatic heterocycles. The van der Waals surface area contributed by atoms with Gasteiger partial charge in [0.05, 0.1) is 5.60 Å². The van der Waals surface area contributed by atoms with Crippen molar-refractivity contribution in [3.8, 4) is 0 Å². The third-order valence-corrected chi connectivity index (χ3v) is 3.51. The standard InChI is InChI=1S/C13H24N2O4/c1-12(2,3)9(10(16)17)14-11(18)15-7-5-13(4,19)6-8-15/h9,19H,5-8H2,1-4H3,(H,14,18)(H,16,17)/t9-/m1/s1. The van der Waals surface area contributed by atoms with Gasteiger partial charge in [-0.3, -0.25) is 0 Å². The molecule has 6 heteroatoms. The zero-order chi connectivity index (χ0) is 14.8. The molecule has 110 valence electrons. The summed E-state index contributed by atoms with van der Waals surface area (Å²) in [5.41, 5.74) is -1.28. The van der Waals surface area contributed by atoms with Gasteiger partial charge in [0.25, 0.3) is 0 Å². The topological polar surface area (TPSA) is 89.9 Å². The molecule has 0 saturated carbocycles. The molecule has 0 bridgehead atoms. The van der Waals surface area contributed by atoms with E-state index in [2.05, 4.69) is 5.32 Å². The van der Waals surface area contributed by atoms with Gasteiger partial charge in [-0.2, -0.15) is 0 Å². The van der Waals surface area contributed by atoms with Crippen molar-refractivity contribution in [1.29, 1.82) is 0 Å². The van der Waals surface area contributed by atoms with Gasteiger partial charge in [0.15, 0.2) is 0 Å². The predicted molar refractivity (Wildman–Crippen MR) is 70.8 cm³/mol. The van der Waals surface area contributed by atoms with Crippen LogP contribution in [-0.2, 0) is 4.79 Å². The maximum Gasteiger partial charge on any atom is 0.326 e. The van der Waals surface area contributed by atoms with Crippen LogP contribution in [0.3, 0.4) is 0 Å². The Kier molecular flexibility index (Phi) is 4.45. The number of aliphatic hydroxyl groups is 1. The molecular formula is C13H24N2O4. The molecule has 6 nitrogen and oxygen atoms in total. The van der Waals surface area contributed by atoms with Crippen LogP contribution in [0.4, 0.5) is 4.79 Å². The minimum Gasteiger partial charge on any atom is -0.480 e. The van der Waals surface area contributed by atoms with Gasteiger partial charge >= 0.3 is 12.0 Å². The van der Waals surface area contributed by atoms with E-state index in [0.29, 0.717) is 25.9 Å². The second-order valence-electron chi connectivity index (χ2n) is 6.57. The summed E-state index contributed by atoms with van der Waals surface area (Å²) < 4.78 is 0. The number of carbonyl (C=O) groups excluding carboxylic acids is 1. The Morgan fingerprint density at radius 3 is 2.11 bits per heavy atom. The van der Waals surface area contributed by atoms with Crippen molar-refractivity contribution in [3.63, 3.8) is 0 Å². The summed E-state index contributed by atoms with van der Waals surface area (Å²) in [6.45, 7) is 7.94. The molecule has 0 radical (unpaired) electrons. The van der Waals surface area contributed by atoms with Crippen LogP contribution in [0.5, 0.6) is 0 Å². The molecule has 1 fully saturated rings. The first-order chi connectivity index (χ1) is 8.53. The van der Waals surface area contributed by atoms with Gasteiger partial charge < -0.3 is 20.4 Å². The lowest BCUT2D eigenvalue weighted by atomic mass is 9.87. The number of aliphatic carboxylic acids is 1. The van der Waals surface area contributed by atoms with E-state index in [0.717, 1.165) is 0 Å². The summed E-state index contributed by atoms with van der Waals surface area (Å²) in [7, 11) is 0. The molecule has 0 aromatic carbocycles. The minimum absolute atomic E-state index is 0.377. The summed E-state index contributed by atoms with van der Waals surface area (Å²) in [6.07, 6.45) is 1.02. The van der Waals surface area contributed by atoms with Crippen LogP contribution in [0.15, 0.2) is 0 Å². The smallest absolute Gasteiger partial charge is 0.326 e. The van der Waals surface area contributed by atoms with E-state index in [1.54, 1.807) is 32.6 Å². The Balaban J connectivity index is 2.62. The zero-order valence-electron chi connectivity index (χ0n) is 12.1. The number of hydrogen-bond acceptors (Lipinski definition) is 3. The average Bonchev–Trinajstić information content (AvgIpc) is 2.23. The minimum atomic E-state index is -1.04. The molecule has 1 atom stereocenters. The average molecular weight is 272 g/mol. The summed E-state index contributed by atoms with van der Waals surface area (Å²) in [6, 6.07) is -1.31. The quantitative estimate of drug-likeness (QED) is 0.700. The number of urea groups is 1. The van der Waals surface area contributed by atoms with E-state index >= 15 is 0 Å². The van der Waals surface area contributed by atoms with Crippen LogP contribution in [0, 0.1) is 5.41 Å². The number of hydrogen-bond donors (Lipinski definition) is 3. The second kappa shape index (κ2) is 5.36. The fourth-order valence-electron chi connectivity index (χ4n) is 2.05. The molecule has 19 heavy (non-hydrogen) atoms. The lowest BCUT2D eigenvalue weighted by molar-refractivity contribution is -0.142. The highest BCUT2D eigenvalue weighted by Gasteiger charge is 2.35. The van der Waals surface area contributed by atoms with Gasteiger partial charge in [-0.25, -0.2) is 9.59 Å². The first-order valence-electron chi connectivity index (χ1n) is 6.53. The first-order valence-corrected chi connectivity index (χ1v) is 6.53. The van der Waals surface area contributed by atoms with E-state index in [9.17, 15) is 14.7 Å².